The Balaban J connectivity index is 1.92. The van der Waals surface area contributed by atoms with Gasteiger partial charge in [-0.15, -0.1) is 0 Å². The number of hydrogen-bond donors (Lipinski definition) is 3. The van der Waals surface area contributed by atoms with Gasteiger partial charge in [-0.3, -0.25) is 25.3 Å². The number of piperazine rings is 1. The Morgan fingerprint density at radius 3 is 2.63 bits per heavy atom. The number of nitrogens with zero attached hydrogens (tertiary/aromatic N) is 1. The summed E-state index contributed by atoms with van der Waals surface area (Å²) >= 11 is 0. The molecule has 2 fully saturated rings. The van der Waals surface area contributed by atoms with Crippen molar-refractivity contribution in [1.29, 1.82) is 0 Å². The number of amides is 2. The van der Waals surface area contributed by atoms with E-state index < -0.39 is 0 Å². The second-order valence-electron chi connectivity index (χ2n) is 5.61. The minimum Gasteiger partial charge on any atom is -0.314 e. The predicted octanol–water partition coefficient (Wildman–Crippen LogP) is -0.238. The molecule has 1 heterocycles. The van der Waals surface area contributed by atoms with E-state index in [2.05, 4.69) is 21.1 Å². The van der Waals surface area contributed by atoms with Crippen LogP contribution in [-0.2, 0) is 9.59 Å². The molecule has 0 atom stereocenters. The SMILES string of the molecule is CC(=O)NNC(=O)CN1CCNCC12CCCCC2. The van der Waals surface area contributed by atoms with Crippen LogP contribution in [0.5, 0.6) is 0 Å². The summed E-state index contributed by atoms with van der Waals surface area (Å²) < 4.78 is 0. The maximum Gasteiger partial charge on any atom is 0.252 e. The Bertz CT molecular complexity index is 331. The Morgan fingerprint density at radius 2 is 1.95 bits per heavy atom. The fourth-order valence-electron chi connectivity index (χ4n) is 3.20. The smallest absolute Gasteiger partial charge is 0.252 e. The van der Waals surface area contributed by atoms with Gasteiger partial charge in [0.1, 0.15) is 0 Å². The van der Waals surface area contributed by atoms with Crippen molar-refractivity contribution < 1.29 is 9.59 Å². The second kappa shape index (κ2) is 6.34. The first-order valence-corrected chi connectivity index (χ1v) is 7.14. The van der Waals surface area contributed by atoms with Gasteiger partial charge in [0.2, 0.25) is 5.91 Å². The van der Waals surface area contributed by atoms with E-state index in [1.165, 1.54) is 26.2 Å². The van der Waals surface area contributed by atoms with Crippen LogP contribution in [0.15, 0.2) is 0 Å². The van der Waals surface area contributed by atoms with E-state index in [4.69, 9.17) is 0 Å². The molecule has 2 rings (SSSR count). The molecule has 3 N–H and O–H groups in total. The standard InChI is InChI=1S/C13H24N4O2/c1-11(18)15-16-12(19)9-17-8-7-14-10-13(17)5-3-2-4-6-13/h14H,2-10H2,1H3,(H,15,18)(H,16,19). The molecule has 6 heteroatoms. The quantitative estimate of drug-likeness (QED) is 0.605. The van der Waals surface area contributed by atoms with Crippen LogP contribution in [0.1, 0.15) is 39.0 Å². The third-order valence-corrected chi connectivity index (χ3v) is 4.18. The van der Waals surface area contributed by atoms with E-state index in [-0.39, 0.29) is 17.4 Å². The Morgan fingerprint density at radius 1 is 1.21 bits per heavy atom. The summed E-state index contributed by atoms with van der Waals surface area (Å²) in [6, 6.07) is 0. The van der Waals surface area contributed by atoms with Gasteiger partial charge in [0.25, 0.3) is 5.91 Å². The molecule has 2 aliphatic rings. The summed E-state index contributed by atoms with van der Waals surface area (Å²) in [7, 11) is 0. The summed E-state index contributed by atoms with van der Waals surface area (Å²) in [5.41, 5.74) is 4.94. The zero-order valence-electron chi connectivity index (χ0n) is 11.6. The van der Waals surface area contributed by atoms with E-state index in [9.17, 15) is 9.59 Å². The predicted molar refractivity (Wildman–Crippen MR) is 72.2 cm³/mol. The van der Waals surface area contributed by atoms with Crippen LogP contribution in [0.25, 0.3) is 0 Å². The highest BCUT2D eigenvalue weighted by atomic mass is 16.2. The van der Waals surface area contributed by atoms with Crippen molar-refractivity contribution >= 4 is 11.8 Å². The largest absolute Gasteiger partial charge is 0.314 e. The van der Waals surface area contributed by atoms with Gasteiger partial charge < -0.3 is 5.32 Å². The van der Waals surface area contributed by atoms with Gasteiger partial charge in [0.15, 0.2) is 0 Å². The average Bonchev–Trinajstić information content (AvgIpc) is 2.40. The first-order chi connectivity index (χ1) is 9.12. The molecule has 1 spiro atoms. The lowest BCUT2D eigenvalue weighted by Crippen LogP contribution is -2.64. The molecular formula is C13H24N4O2. The number of nitrogens with one attached hydrogen (secondary N) is 3. The van der Waals surface area contributed by atoms with Crippen molar-refractivity contribution in [1.82, 2.24) is 21.1 Å². The maximum atomic E-state index is 11.9. The number of hydrazine groups is 1. The van der Waals surface area contributed by atoms with E-state index in [1.54, 1.807) is 0 Å². The Labute approximate surface area is 114 Å². The van der Waals surface area contributed by atoms with Gasteiger partial charge in [0, 0.05) is 32.1 Å². The van der Waals surface area contributed by atoms with Crippen LogP contribution in [0.2, 0.25) is 0 Å². The zero-order chi connectivity index (χ0) is 13.7. The van der Waals surface area contributed by atoms with Crippen molar-refractivity contribution in [2.45, 2.75) is 44.6 Å². The second-order valence-corrected chi connectivity index (χ2v) is 5.61. The maximum absolute atomic E-state index is 11.9. The molecule has 1 saturated heterocycles. The van der Waals surface area contributed by atoms with Crippen LogP contribution in [0.3, 0.4) is 0 Å². The first kappa shape index (κ1) is 14.3. The molecule has 0 radical (unpaired) electrons. The molecule has 108 valence electrons. The number of carbonyl (C=O) groups is 2. The molecule has 1 saturated carbocycles. The fourth-order valence-corrected chi connectivity index (χ4v) is 3.20. The normalized spacial score (nSPS) is 23.0. The van der Waals surface area contributed by atoms with Crippen molar-refractivity contribution in [2.75, 3.05) is 26.2 Å². The van der Waals surface area contributed by atoms with Gasteiger partial charge in [-0.05, 0) is 12.8 Å². The molecule has 6 nitrogen and oxygen atoms in total. The molecule has 19 heavy (non-hydrogen) atoms. The molecule has 2 amide bonds. The monoisotopic (exact) mass is 268 g/mol. The summed E-state index contributed by atoms with van der Waals surface area (Å²) in [6.07, 6.45) is 6.10. The minimum absolute atomic E-state index is 0.137. The highest BCUT2D eigenvalue weighted by Crippen LogP contribution is 2.34. The lowest BCUT2D eigenvalue weighted by atomic mass is 9.79. The molecule has 0 bridgehead atoms. The zero-order valence-corrected chi connectivity index (χ0v) is 11.6. The Kier molecular flexibility index (Phi) is 4.76. The molecular weight excluding hydrogens is 244 g/mol. The lowest BCUT2D eigenvalue weighted by Gasteiger charge is -2.49. The highest BCUT2D eigenvalue weighted by molar-refractivity contribution is 5.82. The highest BCUT2D eigenvalue weighted by Gasteiger charge is 2.40. The third-order valence-electron chi connectivity index (χ3n) is 4.18. The van der Waals surface area contributed by atoms with Crippen molar-refractivity contribution in [2.24, 2.45) is 0 Å². The van der Waals surface area contributed by atoms with Crippen molar-refractivity contribution in [3.63, 3.8) is 0 Å². The lowest BCUT2D eigenvalue weighted by molar-refractivity contribution is -0.130. The summed E-state index contributed by atoms with van der Waals surface area (Å²) in [4.78, 5) is 24.9. The molecule has 0 aromatic carbocycles. The van der Waals surface area contributed by atoms with Crippen molar-refractivity contribution in [3.8, 4) is 0 Å². The molecule has 1 aliphatic heterocycles. The molecule has 0 aromatic heterocycles. The van der Waals surface area contributed by atoms with Gasteiger partial charge in [-0.25, -0.2) is 0 Å². The van der Waals surface area contributed by atoms with Crippen LogP contribution in [0.4, 0.5) is 0 Å². The van der Waals surface area contributed by atoms with E-state index in [1.807, 2.05) is 0 Å². The van der Waals surface area contributed by atoms with Crippen LogP contribution < -0.4 is 16.2 Å². The van der Waals surface area contributed by atoms with Crippen LogP contribution >= 0.6 is 0 Å². The summed E-state index contributed by atoms with van der Waals surface area (Å²) in [6.45, 7) is 4.54. The average molecular weight is 268 g/mol. The van der Waals surface area contributed by atoms with Crippen LogP contribution in [0, 0.1) is 0 Å². The third kappa shape index (κ3) is 3.67. The number of hydrogen-bond acceptors (Lipinski definition) is 4. The minimum atomic E-state index is -0.249. The van der Waals surface area contributed by atoms with Gasteiger partial charge in [0.05, 0.1) is 6.54 Å². The number of rotatable bonds is 2. The molecule has 1 aliphatic carbocycles. The van der Waals surface area contributed by atoms with Crippen molar-refractivity contribution in [3.05, 3.63) is 0 Å². The summed E-state index contributed by atoms with van der Waals surface area (Å²) in [5, 5.41) is 3.46. The topological polar surface area (TPSA) is 73.5 Å². The Hall–Kier alpha value is -1.14. The van der Waals surface area contributed by atoms with Gasteiger partial charge in [-0.1, -0.05) is 19.3 Å². The number of carbonyl (C=O) groups excluding carboxylic acids is 2. The summed E-state index contributed by atoms with van der Waals surface area (Å²) in [5.74, 6) is -0.386. The molecule has 0 unspecified atom stereocenters. The first-order valence-electron chi connectivity index (χ1n) is 7.14. The van der Waals surface area contributed by atoms with Gasteiger partial charge in [-0.2, -0.15) is 0 Å². The van der Waals surface area contributed by atoms with E-state index in [0.717, 1.165) is 32.5 Å². The van der Waals surface area contributed by atoms with E-state index >= 15 is 0 Å². The van der Waals surface area contributed by atoms with E-state index in [0.29, 0.717) is 6.54 Å². The fraction of sp³-hybridized carbons (Fsp3) is 0.846. The molecule has 0 aromatic rings. The van der Waals surface area contributed by atoms with Crippen LogP contribution in [-0.4, -0.2) is 48.4 Å². The van der Waals surface area contributed by atoms with Gasteiger partial charge >= 0.3 is 0 Å².